The molecule has 0 N–H and O–H groups in total. The summed E-state index contributed by atoms with van der Waals surface area (Å²) < 4.78 is 13.7. The number of carbonyl (C=O) groups is 1. The standard InChI is InChI=1S/C16H14FIO/c1-9-6-10(2)15(11(3)7-9)16(19)13-5-4-12(17)8-14(13)18/h4-8H,1-3H3. The number of benzene rings is 2. The van der Waals surface area contributed by atoms with Gasteiger partial charge in [-0.25, -0.2) is 4.39 Å². The first-order valence-corrected chi connectivity index (χ1v) is 7.05. The molecule has 0 aromatic heterocycles. The Morgan fingerprint density at radius 1 is 1.05 bits per heavy atom. The van der Waals surface area contributed by atoms with Crippen molar-refractivity contribution >= 4 is 28.4 Å². The van der Waals surface area contributed by atoms with Crippen LogP contribution in [0.15, 0.2) is 30.3 Å². The van der Waals surface area contributed by atoms with E-state index in [1.807, 2.05) is 55.5 Å². The highest BCUT2D eigenvalue weighted by Gasteiger charge is 2.17. The van der Waals surface area contributed by atoms with E-state index in [-0.39, 0.29) is 11.6 Å². The molecule has 2 aromatic rings. The molecule has 98 valence electrons. The van der Waals surface area contributed by atoms with Crippen molar-refractivity contribution in [2.45, 2.75) is 20.8 Å². The summed E-state index contributed by atoms with van der Waals surface area (Å²) in [6.45, 7) is 5.88. The minimum Gasteiger partial charge on any atom is -0.289 e. The third-order valence-electron chi connectivity index (χ3n) is 3.08. The van der Waals surface area contributed by atoms with Crippen molar-refractivity contribution in [3.8, 4) is 0 Å². The van der Waals surface area contributed by atoms with Crippen LogP contribution in [0.1, 0.15) is 32.6 Å². The Labute approximate surface area is 126 Å². The molecule has 0 saturated heterocycles. The number of aryl methyl sites for hydroxylation is 3. The maximum absolute atomic E-state index is 13.1. The summed E-state index contributed by atoms with van der Waals surface area (Å²) in [5.41, 5.74) is 4.33. The van der Waals surface area contributed by atoms with E-state index in [0.717, 1.165) is 22.3 Å². The Balaban J connectivity index is 2.56. The van der Waals surface area contributed by atoms with Gasteiger partial charge in [0.15, 0.2) is 5.78 Å². The molecule has 0 unspecified atom stereocenters. The summed E-state index contributed by atoms with van der Waals surface area (Å²) in [7, 11) is 0. The van der Waals surface area contributed by atoms with Crippen molar-refractivity contribution in [1.82, 2.24) is 0 Å². The van der Waals surface area contributed by atoms with Crippen molar-refractivity contribution in [3.05, 3.63) is 67.5 Å². The largest absolute Gasteiger partial charge is 0.289 e. The van der Waals surface area contributed by atoms with Crippen molar-refractivity contribution in [2.75, 3.05) is 0 Å². The molecule has 0 bridgehead atoms. The van der Waals surface area contributed by atoms with Crippen LogP contribution in [0.3, 0.4) is 0 Å². The lowest BCUT2D eigenvalue weighted by molar-refractivity contribution is 0.103. The molecule has 0 radical (unpaired) electrons. The predicted molar refractivity (Wildman–Crippen MR) is 83.2 cm³/mol. The molecule has 0 aliphatic heterocycles. The summed E-state index contributed by atoms with van der Waals surface area (Å²) in [5.74, 6) is -0.363. The molecule has 2 aromatic carbocycles. The minimum atomic E-state index is -0.321. The Morgan fingerprint density at radius 3 is 2.16 bits per heavy atom. The van der Waals surface area contributed by atoms with Crippen LogP contribution in [0.2, 0.25) is 0 Å². The van der Waals surface area contributed by atoms with Crippen LogP contribution in [0.25, 0.3) is 0 Å². The average Bonchev–Trinajstić information content (AvgIpc) is 2.26. The summed E-state index contributed by atoms with van der Waals surface area (Å²) >= 11 is 2.00. The smallest absolute Gasteiger partial charge is 0.194 e. The van der Waals surface area contributed by atoms with Gasteiger partial charge in [-0.2, -0.15) is 0 Å². The van der Waals surface area contributed by atoms with E-state index in [9.17, 15) is 9.18 Å². The number of halogens is 2. The first kappa shape index (κ1) is 14.2. The number of hydrogen-bond donors (Lipinski definition) is 0. The highest BCUT2D eigenvalue weighted by molar-refractivity contribution is 14.1. The van der Waals surface area contributed by atoms with Gasteiger partial charge in [0.1, 0.15) is 5.82 Å². The van der Waals surface area contributed by atoms with Crippen LogP contribution in [0, 0.1) is 30.2 Å². The average molecular weight is 368 g/mol. The lowest BCUT2D eigenvalue weighted by Gasteiger charge is -2.11. The number of ketones is 1. The monoisotopic (exact) mass is 368 g/mol. The molecule has 0 aliphatic carbocycles. The van der Waals surface area contributed by atoms with Crippen LogP contribution in [0.5, 0.6) is 0 Å². The molecular weight excluding hydrogens is 354 g/mol. The quantitative estimate of drug-likeness (QED) is 0.560. The SMILES string of the molecule is Cc1cc(C)c(C(=O)c2ccc(F)cc2I)c(C)c1. The van der Waals surface area contributed by atoms with Gasteiger partial charge < -0.3 is 0 Å². The summed E-state index contributed by atoms with van der Waals surface area (Å²) in [4.78, 5) is 12.6. The third-order valence-corrected chi connectivity index (χ3v) is 3.97. The first-order valence-electron chi connectivity index (χ1n) is 5.97. The molecule has 0 heterocycles. The normalized spacial score (nSPS) is 10.6. The molecule has 0 fully saturated rings. The Bertz CT molecular complexity index is 639. The molecule has 19 heavy (non-hydrogen) atoms. The topological polar surface area (TPSA) is 17.1 Å². The van der Waals surface area contributed by atoms with E-state index in [2.05, 4.69) is 0 Å². The Morgan fingerprint density at radius 2 is 1.63 bits per heavy atom. The van der Waals surface area contributed by atoms with E-state index < -0.39 is 0 Å². The first-order chi connectivity index (χ1) is 8.90. The van der Waals surface area contributed by atoms with Crippen LogP contribution < -0.4 is 0 Å². The van der Waals surface area contributed by atoms with Crippen molar-refractivity contribution in [2.24, 2.45) is 0 Å². The molecule has 0 aliphatic rings. The van der Waals surface area contributed by atoms with E-state index in [1.165, 1.54) is 12.1 Å². The van der Waals surface area contributed by atoms with Crippen molar-refractivity contribution in [1.29, 1.82) is 0 Å². The van der Waals surface area contributed by atoms with Crippen molar-refractivity contribution in [3.63, 3.8) is 0 Å². The van der Waals surface area contributed by atoms with Gasteiger partial charge in [0.2, 0.25) is 0 Å². The van der Waals surface area contributed by atoms with E-state index in [4.69, 9.17) is 0 Å². The zero-order valence-corrected chi connectivity index (χ0v) is 13.2. The maximum atomic E-state index is 13.1. The van der Waals surface area contributed by atoms with Gasteiger partial charge in [-0.3, -0.25) is 4.79 Å². The summed E-state index contributed by atoms with van der Waals surface area (Å²) in [5, 5.41) is 0. The van der Waals surface area contributed by atoms with Gasteiger partial charge in [-0.05, 0) is 72.7 Å². The zero-order chi connectivity index (χ0) is 14.2. The van der Waals surface area contributed by atoms with Gasteiger partial charge >= 0.3 is 0 Å². The van der Waals surface area contributed by atoms with Gasteiger partial charge in [0.25, 0.3) is 0 Å². The minimum absolute atomic E-state index is 0.0422. The maximum Gasteiger partial charge on any atom is 0.194 e. The molecule has 2 rings (SSSR count). The molecule has 3 heteroatoms. The lowest BCUT2D eigenvalue weighted by Crippen LogP contribution is -2.08. The number of hydrogen-bond acceptors (Lipinski definition) is 1. The van der Waals surface area contributed by atoms with Crippen LogP contribution >= 0.6 is 22.6 Å². The predicted octanol–water partition coefficient (Wildman–Crippen LogP) is 4.59. The molecule has 0 spiro atoms. The van der Waals surface area contributed by atoms with Crippen LogP contribution in [-0.2, 0) is 0 Å². The summed E-state index contributed by atoms with van der Waals surface area (Å²) in [6.07, 6.45) is 0. The van der Waals surface area contributed by atoms with Gasteiger partial charge in [0, 0.05) is 14.7 Å². The Hall–Kier alpha value is -1.23. The third kappa shape index (κ3) is 2.86. The fraction of sp³-hybridized carbons (Fsp3) is 0.188. The number of carbonyl (C=O) groups excluding carboxylic acids is 1. The summed E-state index contributed by atoms with van der Waals surface area (Å²) in [6, 6.07) is 8.26. The number of rotatable bonds is 2. The molecule has 0 atom stereocenters. The fourth-order valence-electron chi connectivity index (χ4n) is 2.35. The molecule has 0 amide bonds. The van der Waals surface area contributed by atoms with Crippen molar-refractivity contribution < 1.29 is 9.18 Å². The second kappa shape index (κ2) is 5.41. The molecule has 1 nitrogen and oxygen atoms in total. The zero-order valence-electron chi connectivity index (χ0n) is 11.1. The highest BCUT2D eigenvalue weighted by atomic mass is 127. The lowest BCUT2D eigenvalue weighted by atomic mass is 9.93. The van der Waals surface area contributed by atoms with Crippen LogP contribution in [-0.4, -0.2) is 5.78 Å². The molecular formula is C16H14FIO. The van der Waals surface area contributed by atoms with Gasteiger partial charge in [0.05, 0.1) is 0 Å². The second-order valence-electron chi connectivity index (χ2n) is 4.73. The van der Waals surface area contributed by atoms with Gasteiger partial charge in [-0.15, -0.1) is 0 Å². The highest BCUT2D eigenvalue weighted by Crippen LogP contribution is 2.23. The van der Waals surface area contributed by atoms with E-state index in [0.29, 0.717) is 9.13 Å². The fourth-order valence-corrected chi connectivity index (χ4v) is 3.07. The molecule has 0 saturated carbocycles. The Kier molecular flexibility index (Phi) is 4.04. The van der Waals surface area contributed by atoms with Gasteiger partial charge in [-0.1, -0.05) is 17.7 Å². The second-order valence-corrected chi connectivity index (χ2v) is 5.89. The van der Waals surface area contributed by atoms with Crippen LogP contribution in [0.4, 0.5) is 4.39 Å². The van der Waals surface area contributed by atoms with E-state index in [1.54, 1.807) is 6.07 Å². The van der Waals surface area contributed by atoms with E-state index >= 15 is 0 Å².